The summed E-state index contributed by atoms with van der Waals surface area (Å²) in [6.45, 7) is 3.97. The predicted octanol–water partition coefficient (Wildman–Crippen LogP) is 2.16. The van der Waals surface area contributed by atoms with Gasteiger partial charge in [0, 0.05) is 36.3 Å². The molecule has 2 spiro atoms. The first-order chi connectivity index (χ1) is 17.8. The Morgan fingerprint density at radius 3 is 2.21 bits per heavy atom. The van der Waals surface area contributed by atoms with Gasteiger partial charge in [0.15, 0.2) is 0 Å². The Labute approximate surface area is 222 Å². The molecular formula is C25H32F5N5O4. The summed E-state index contributed by atoms with van der Waals surface area (Å²) in [6.07, 6.45) is -4.42. The van der Waals surface area contributed by atoms with E-state index in [0.717, 1.165) is 17.7 Å². The van der Waals surface area contributed by atoms with Crippen molar-refractivity contribution < 1.29 is 41.1 Å². The SMILES string of the molecule is CC(C)(C)[C@H](NC(=O)C(F)(F)F)C(=O)N1CC2(C[C@H]1C(=O)N[C@H](C#N)C[C@@H]1CC3(CC3)NC1=O)CC(F)(F)C2. The number of carbonyl (C=O) groups excluding carboxylic acids is 4. The Balaban J connectivity index is 1.53. The van der Waals surface area contributed by atoms with Crippen molar-refractivity contribution in [2.24, 2.45) is 16.7 Å². The van der Waals surface area contributed by atoms with Crippen molar-refractivity contribution in [3.63, 3.8) is 0 Å². The molecule has 3 N–H and O–H groups in total. The van der Waals surface area contributed by atoms with Crippen LogP contribution >= 0.6 is 0 Å². The molecule has 216 valence electrons. The molecule has 0 aromatic carbocycles. The largest absolute Gasteiger partial charge is 0.471 e. The van der Waals surface area contributed by atoms with E-state index in [2.05, 4.69) is 10.6 Å². The van der Waals surface area contributed by atoms with Gasteiger partial charge in [-0.15, -0.1) is 0 Å². The molecule has 9 nitrogen and oxygen atoms in total. The molecule has 4 aliphatic rings. The van der Waals surface area contributed by atoms with Gasteiger partial charge in [-0.1, -0.05) is 20.8 Å². The van der Waals surface area contributed by atoms with Crippen LogP contribution in [0.2, 0.25) is 0 Å². The Morgan fingerprint density at radius 1 is 1.13 bits per heavy atom. The van der Waals surface area contributed by atoms with Gasteiger partial charge in [0.2, 0.25) is 23.6 Å². The van der Waals surface area contributed by atoms with Gasteiger partial charge in [0.25, 0.3) is 0 Å². The maximum Gasteiger partial charge on any atom is 0.471 e. The number of nitriles is 1. The molecule has 0 bridgehead atoms. The summed E-state index contributed by atoms with van der Waals surface area (Å²) in [5, 5.41) is 16.8. The van der Waals surface area contributed by atoms with Crippen molar-refractivity contribution in [2.75, 3.05) is 6.54 Å². The van der Waals surface area contributed by atoms with E-state index in [1.807, 2.05) is 6.07 Å². The quantitative estimate of drug-likeness (QED) is 0.428. The molecule has 2 aliphatic carbocycles. The van der Waals surface area contributed by atoms with Crippen LogP contribution < -0.4 is 16.0 Å². The van der Waals surface area contributed by atoms with Crippen LogP contribution in [0.1, 0.15) is 65.7 Å². The van der Waals surface area contributed by atoms with Crippen molar-refractivity contribution in [1.29, 1.82) is 5.26 Å². The van der Waals surface area contributed by atoms with Gasteiger partial charge in [-0.05, 0) is 37.5 Å². The van der Waals surface area contributed by atoms with Crippen LogP contribution in [0.15, 0.2) is 0 Å². The van der Waals surface area contributed by atoms with Gasteiger partial charge < -0.3 is 20.9 Å². The van der Waals surface area contributed by atoms with E-state index in [0.29, 0.717) is 6.42 Å². The molecular weight excluding hydrogens is 529 g/mol. The Kier molecular flexibility index (Phi) is 6.92. The molecule has 2 saturated carbocycles. The highest BCUT2D eigenvalue weighted by molar-refractivity contribution is 5.94. The highest BCUT2D eigenvalue weighted by Crippen LogP contribution is 2.58. The van der Waals surface area contributed by atoms with Crippen LogP contribution in [0.5, 0.6) is 0 Å². The maximum absolute atomic E-state index is 13.9. The fourth-order valence-corrected chi connectivity index (χ4v) is 6.20. The lowest BCUT2D eigenvalue weighted by atomic mass is 9.65. The number of carbonyl (C=O) groups is 4. The average molecular weight is 562 g/mol. The fourth-order valence-electron chi connectivity index (χ4n) is 6.20. The van der Waals surface area contributed by atoms with Crippen LogP contribution in [-0.4, -0.2) is 70.8 Å². The second-order valence-corrected chi connectivity index (χ2v) is 12.8. The smallest absolute Gasteiger partial charge is 0.350 e. The summed E-state index contributed by atoms with van der Waals surface area (Å²) in [5.74, 6) is -7.89. The molecule has 4 atom stereocenters. The van der Waals surface area contributed by atoms with E-state index >= 15 is 0 Å². The van der Waals surface area contributed by atoms with Gasteiger partial charge >= 0.3 is 12.1 Å². The minimum atomic E-state index is -5.27. The van der Waals surface area contributed by atoms with E-state index in [1.54, 1.807) is 5.32 Å². The lowest BCUT2D eigenvalue weighted by Crippen LogP contribution is -2.60. The third-order valence-electron chi connectivity index (χ3n) is 8.25. The molecule has 2 aliphatic heterocycles. The molecule has 39 heavy (non-hydrogen) atoms. The third-order valence-corrected chi connectivity index (χ3v) is 8.25. The van der Waals surface area contributed by atoms with Crippen molar-refractivity contribution in [1.82, 2.24) is 20.9 Å². The minimum absolute atomic E-state index is 0.0198. The van der Waals surface area contributed by atoms with Gasteiger partial charge in [-0.3, -0.25) is 19.2 Å². The van der Waals surface area contributed by atoms with E-state index in [9.17, 15) is 46.4 Å². The average Bonchev–Trinajstić information content (AvgIpc) is 3.30. The first-order valence-electron chi connectivity index (χ1n) is 12.9. The van der Waals surface area contributed by atoms with Gasteiger partial charge in [-0.25, -0.2) is 8.78 Å². The Bertz CT molecular complexity index is 1100. The van der Waals surface area contributed by atoms with E-state index in [-0.39, 0.29) is 30.8 Å². The second-order valence-electron chi connectivity index (χ2n) is 12.8. The first-order valence-corrected chi connectivity index (χ1v) is 12.9. The molecule has 4 amide bonds. The topological polar surface area (TPSA) is 131 Å². The summed E-state index contributed by atoms with van der Waals surface area (Å²) >= 11 is 0. The van der Waals surface area contributed by atoms with Crippen molar-refractivity contribution >= 4 is 23.6 Å². The zero-order chi connectivity index (χ0) is 29.2. The molecule has 0 aromatic heterocycles. The van der Waals surface area contributed by atoms with Crippen LogP contribution in [0.25, 0.3) is 0 Å². The minimum Gasteiger partial charge on any atom is -0.350 e. The Hall–Kier alpha value is -2.98. The summed E-state index contributed by atoms with van der Waals surface area (Å²) in [4.78, 5) is 51.9. The molecule has 0 aromatic rings. The molecule has 0 radical (unpaired) electrons. The van der Waals surface area contributed by atoms with Crippen molar-refractivity contribution in [3.8, 4) is 6.07 Å². The zero-order valence-corrected chi connectivity index (χ0v) is 21.9. The van der Waals surface area contributed by atoms with E-state index < -0.39 is 77.5 Å². The summed E-state index contributed by atoms with van der Waals surface area (Å²) in [5.41, 5.74) is -2.59. The Morgan fingerprint density at radius 2 is 1.74 bits per heavy atom. The molecule has 2 heterocycles. The van der Waals surface area contributed by atoms with Crippen LogP contribution in [0.4, 0.5) is 22.0 Å². The lowest BCUT2D eigenvalue weighted by molar-refractivity contribution is -0.176. The van der Waals surface area contributed by atoms with Gasteiger partial charge in [0.05, 0.1) is 6.07 Å². The van der Waals surface area contributed by atoms with Crippen molar-refractivity contribution in [2.45, 2.75) is 101 Å². The first kappa shape index (κ1) is 29.0. The molecule has 4 fully saturated rings. The summed E-state index contributed by atoms with van der Waals surface area (Å²) in [6, 6.07) is -2.23. The molecule has 4 rings (SSSR count). The summed E-state index contributed by atoms with van der Waals surface area (Å²) < 4.78 is 66.7. The zero-order valence-electron chi connectivity index (χ0n) is 21.9. The monoisotopic (exact) mass is 561 g/mol. The standard InChI is InChI=1S/C25H32F5N5O4/c1-21(2,3)16(33-20(39)25(28,29)30)19(38)35-12-22(10-24(26,27)11-22)8-15(35)18(37)32-14(9-31)6-13-7-23(4-5-23)34-17(13)36/h13-16H,4-8,10-12H2,1-3H3,(H,32,37)(H,33,39)(H,34,36)/t13-,14+,15+,16-/m1/s1. The third kappa shape index (κ3) is 5.96. The molecule has 0 unspecified atom stereocenters. The maximum atomic E-state index is 13.9. The van der Waals surface area contributed by atoms with Crippen LogP contribution in [-0.2, 0) is 19.2 Å². The van der Waals surface area contributed by atoms with Crippen LogP contribution in [0, 0.1) is 28.1 Å². The number of amides is 4. The van der Waals surface area contributed by atoms with Gasteiger partial charge in [-0.2, -0.15) is 18.4 Å². The highest BCUT2D eigenvalue weighted by Gasteiger charge is 2.63. The highest BCUT2D eigenvalue weighted by atomic mass is 19.4. The lowest BCUT2D eigenvalue weighted by Gasteiger charge is -2.44. The number of rotatable bonds is 6. The predicted molar refractivity (Wildman–Crippen MR) is 125 cm³/mol. The normalized spacial score (nSPS) is 27.8. The fraction of sp³-hybridized carbons (Fsp3) is 0.800. The van der Waals surface area contributed by atoms with Crippen molar-refractivity contribution in [3.05, 3.63) is 0 Å². The molecule has 14 heteroatoms. The number of nitrogens with one attached hydrogen (secondary N) is 3. The number of hydrogen-bond acceptors (Lipinski definition) is 5. The van der Waals surface area contributed by atoms with E-state index in [4.69, 9.17) is 0 Å². The van der Waals surface area contributed by atoms with Crippen LogP contribution in [0.3, 0.4) is 0 Å². The number of likely N-dealkylation sites (tertiary alicyclic amines) is 1. The van der Waals surface area contributed by atoms with Gasteiger partial charge in [0.1, 0.15) is 18.1 Å². The number of hydrogen-bond donors (Lipinski definition) is 3. The second kappa shape index (κ2) is 9.30. The summed E-state index contributed by atoms with van der Waals surface area (Å²) in [7, 11) is 0. The van der Waals surface area contributed by atoms with E-state index in [1.165, 1.54) is 20.8 Å². The number of nitrogens with zero attached hydrogens (tertiary/aromatic N) is 2. The number of alkyl halides is 5. The number of halogens is 5. The molecule has 2 saturated heterocycles.